The number of anilines is 6. The molecule has 1 saturated heterocycles. The molecular weight excluding hydrogens is 474 g/mol. The molecule has 37 heavy (non-hydrogen) atoms. The zero-order valence-electron chi connectivity index (χ0n) is 21.2. The van der Waals surface area contributed by atoms with Gasteiger partial charge in [0.05, 0.1) is 13.3 Å². The average Bonchev–Trinajstić information content (AvgIpc) is 2.95. The van der Waals surface area contributed by atoms with Crippen molar-refractivity contribution in [2.75, 3.05) is 40.3 Å². The number of thiocarbonyl (C=S) groups is 1. The minimum Gasteiger partial charge on any atom is -0.356 e. The van der Waals surface area contributed by atoms with E-state index < -0.39 is 0 Å². The molecule has 1 aliphatic heterocycles. The number of hydrogen-bond donors (Lipinski definition) is 2. The molecule has 0 amide bonds. The number of rotatable bonds is 9. The molecule has 1 aliphatic rings. The molecule has 2 N–H and O–H groups in total. The van der Waals surface area contributed by atoms with Crippen molar-refractivity contribution in [3.63, 3.8) is 0 Å². The van der Waals surface area contributed by atoms with Gasteiger partial charge in [0.15, 0.2) is 5.11 Å². The van der Waals surface area contributed by atoms with E-state index in [4.69, 9.17) is 12.2 Å². The monoisotopic (exact) mass is 507 g/mol. The summed E-state index contributed by atoms with van der Waals surface area (Å²) < 4.78 is 0. The van der Waals surface area contributed by atoms with Crippen LogP contribution in [0.15, 0.2) is 109 Å². The maximum Gasteiger partial charge on any atom is 0.182 e. The maximum absolute atomic E-state index is 6.05. The molecule has 0 saturated carbocycles. The molecule has 0 bridgehead atoms. The van der Waals surface area contributed by atoms with E-state index in [9.17, 15) is 0 Å². The van der Waals surface area contributed by atoms with Crippen LogP contribution in [0, 0.1) is 0 Å². The van der Waals surface area contributed by atoms with Crippen molar-refractivity contribution in [2.24, 2.45) is 0 Å². The quantitative estimate of drug-likeness (QED) is 0.225. The largest absolute Gasteiger partial charge is 0.356 e. The summed E-state index contributed by atoms with van der Waals surface area (Å²) in [5.74, 6) is 0. The predicted octanol–water partition coefficient (Wildman–Crippen LogP) is 7.80. The SMILES string of the molecule is CCCCN1CN(c2ccc(Nc3ccccc3)cc2)C(=S)N(c2ccc(Nc3ccccc3)cc2)C1. The Labute approximate surface area is 225 Å². The summed E-state index contributed by atoms with van der Waals surface area (Å²) >= 11 is 6.05. The highest BCUT2D eigenvalue weighted by atomic mass is 32.1. The number of benzene rings is 4. The second-order valence-corrected chi connectivity index (χ2v) is 9.61. The first-order valence-electron chi connectivity index (χ1n) is 12.9. The van der Waals surface area contributed by atoms with E-state index >= 15 is 0 Å². The number of para-hydroxylation sites is 2. The van der Waals surface area contributed by atoms with Crippen LogP contribution in [-0.4, -0.2) is 29.9 Å². The van der Waals surface area contributed by atoms with Gasteiger partial charge in [0.2, 0.25) is 0 Å². The Morgan fingerprint density at radius 3 is 1.41 bits per heavy atom. The molecule has 0 radical (unpaired) electrons. The van der Waals surface area contributed by atoms with Gasteiger partial charge in [-0.25, -0.2) is 0 Å². The highest BCUT2D eigenvalue weighted by molar-refractivity contribution is 7.80. The Kier molecular flexibility index (Phi) is 7.99. The van der Waals surface area contributed by atoms with Crippen LogP contribution in [-0.2, 0) is 0 Å². The standard InChI is InChI=1S/C31H33N5S/c1-2-3-22-34-23-35(29-18-14-27(15-19-29)32-25-10-6-4-7-11-25)31(37)36(24-34)30-20-16-28(17-21-30)33-26-12-8-5-9-13-26/h4-21,32-33H,2-3,22-24H2,1H3. The van der Waals surface area contributed by atoms with Gasteiger partial charge in [0.1, 0.15) is 0 Å². The summed E-state index contributed by atoms with van der Waals surface area (Å²) in [5.41, 5.74) is 6.45. The lowest BCUT2D eigenvalue weighted by atomic mass is 10.2. The van der Waals surface area contributed by atoms with Gasteiger partial charge in [-0.2, -0.15) is 0 Å². The van der Waals surface area contributed by atoms with Gasteiger partial charge in [-0.15, -0.1) is 0 Å². The van der Waals surface area contributed by atoms with E-state index in [1.807, 2.05) is 36.4 Å². The fraction of sp³-hybridized carbons (Fsp3) is 0.194. The van der Waals surface area contributed by atoms with Crippen LogP contribution >= 0.6 is 12.2 Å². The first kappa shape index (κ1) is 24.8. The van der Waals surface area contributed by atoms with Crippen molar-refractivity contribution >= 4 is 51.5 Å². The first-order valence-corrected chi connectivity index (χ1v) is 13.3. The predicted molar refractivity (Wildman–Crippen MR) is 161 cm³/mol. The lowest BCUT2D eigenvalue weighted by Crippen LogP contribution is -2.58. The minimum atomic E-state index is 0.786. The Balaban J connectivity index is 1.34. The fourth-order valence-electron chi connectivity index (χ4n) is 4.44. The number of nitrogens with one attached hydrogen (secondary N) is 2. The van der Waals surface area contributed by atoms with Crippen molar-refractivity contribution < 1.29 is 0 Å². The summed E-state index contributed by atoms with van der Waals surface area (Å²) in [6.45, 7) is 4.84. The lowest BCUT2D eigenvalue weighted by molar-refractivity contribution is 0.273. The van der Waals surface area contributed by atoms with Crippen LogP contribution in [0.5, 0.6) is 0 Å². The zero-order valence-corrected chi connectivity index (χ0v) is 22.0. The number of hydrogen-bond acceptors (Lipinski definition) is 4. The molecule has 188 valence electrons. The summed E-state index contributed by atoms with van der Waals surface area (Å²) in [4.78, 5) is 6.93. The van der Waals surface area contributed by atoms with Crippen LogP contribution in [0.2, 0.25) is 0 Å². The summed E-state index contributed by atoms with van der Waals surface area (Å²) in [7, 11) is 0. The van der Waals surface area contributed by atoms with Crippen molar-refractivity contribution in [2.45, 2.75) is 19.8 Å². The number of nitrogens with zero attached hydrogens (tertiary/aromatic N) is 3. The van der Waals surface area contributed by atoms with E-state index in [0.717, 1.165) is 65.5 Å². The van der Waals surface area contributed by atoms with Crippen LogP contribution < -0.4 is 20.4 Å². The highest BCUT2D eigenvalue weighted by Gasteiger charge is 2.29. The summed E-state index contributed by atoms with van der Waals surface area (Å²) in [6.07, 6.45) is 2.33. The normalized spacial score (nSPS) is 14.0. The minimum absolute atomic E-state index is 0.786. The van der Waals surface area contributed by atoms with E-state index in [-0.39, 0.29) is 0 Å². The molecule has 0 unspecified atom stereocenters. The molecule has 6 heteroatoms. The van der Waals surface area contributed by atoms with Gasteiger partial charge < -0.3 is 20.4 Å². The smallest absolute Gasteiger partial charge is 0.182 e. The molecular formula is C31H33N5S. The average molecular weight is 508 g/mol. The zero-order chi connectivity index (χ0) is 25.5. The lowest BCUT2D eigenvalue weighted by Gasteiger charge is -2.44. The van der Waals surface area contributed by atoms with Crippen molar-refractivity contribution in [1.29, 1.82) is 0 Å². The molecule has 1 heterocycles. The Morgan fingerprint density at radius 1 is 0.595 bits per heavy atom. The maximum atomic E-state index is 6.05. The van der Waals surface area contributed by atoms with E-state index in [0.29, 0.717) is 0 Å². The van der Waals surface area contributed by atoms with Crippen LogP contribution in [0.3, 0.4) is 0 Å². The fourth-order valence-corrected chi connectivity index (χ4v) is 4.77. The van der Waals surface area contributed by atoms with Crippen LogP contribution in [0.4, 0.5) is 34.1 Å². The van der Waals surface area contributed by atoms with Crippen LogP contribution in [0.1, 0.15) is 19.8 Å². The second kappa shape index (κ2) is 11.9. The van der Waals surface area contributed by atoms with Gasteiger partial charge >= 0.3 is 0 Å². The molecule has 5 nitrogen and oxygen atoms in total. The third-order valence-electron chi connectivity index (χ3n) is 6.46. The van der Waals surface area contributed by atoms with Crippen LogP contribution in [0.25, 0.3) is 0 Å². The van der Waals surface area contributed by atoms with Gasteiger partial charge in [-0.05, 0) is 91.4 Å². The third-order valence-corrected chi connectivity index (χ3v) is 6.90. The van der Waals surface area contributed by atoms with Gasteiger partial charge in [0.25, 0.3) is 0 Å². The molecule has 0 aromatic heterocycles. The first-order chi connectivity index (χ1) is 18.2. The topological polar surface area (TPSA) is 33.8 Å². The highest BCUT2D eigenvalue weighted by Crippen LogP contribution is 2.28. The molecule has 0 aliphatic carbocycles. The summed E-state index contributed by atoms with van der Waals surface area (Å²) in [5, 5.41) is 7.74. The number of unbranched alkanes of at least 4 members (excludes halogenated alkanes) is 1. The Bertz CT molecular complexity index is 1180. The van der Waals surface area contributed by atoms with Gasteiger partial charge in [-0.3, -0.25) is 4.90 Å². The third kappa shape index (κ3) is 6.28. The molecule has 4 aromatic rings. The molecule has 0 spiro atoms. The van der Waals surface area contributed by atoms with E-state index in [2.05, 4.69) is 105 Å². The second-order valence-electron chi connectivity index (χ2n) is 9.25. The molecule has 0 atom stereocenters. The molecule has 5 rings (SSSR count). The van der Waals surface area contributed by atoms with Gasteiger partial charge in [-0.1, -0.05) is 49.7 Å². The Morgan fingerprint density at radius 2 is 1.00 bits per heavy atom. The Hall–Kier alpha value is -3.87. The molecule has 1 fully saturated rings. The summed E-state index contributed by atoms with van der Waals surface area (Å²) in [6, 6.07) is 37.5. The van der Waals surface area contributed by atoms with Crippen molar-refractivity contribution in [3.05, 3.63) is 109 Å². The van der Waals surface area contributed by atoms with E-state index in [1.54, 1.807) is 0 Å². The van der Waals surface area contributed by atoms with E-state index in [1.165, 1.54) is 6.42 Å². The van der Waals surface area contributed by atoms with Crippen molar-refractivity contribution in [1.82, 2.24) is 4.90 Å². The van der Waals surface area contributed by atoms with Gasteiger partial charge in [0, 0.05) is 40.7 Å². The van der Waals surface area contributed by atoms with Crippen molar-refractivity contribution in [3.8, 4) is 0 Å². The molecule has 4 aromatic carbocycles.